The monoisotopic (exact) mass is 461 g/mol. The molecular weight excluding hydrogens is 444 g/mol. The first-order valence-corrected chi connectivity index (χ1v) is 8.89. The molecule has 0 heterocycles. The van der Waals surface area contributed by atoms with Gasteiger partial charge < -0.3 is 5.32 Å². The van der Waals surface area contributed by atoms with E-state index in [2.05, 4.69) is 75.0 Å². The van der Waals surface area contributed by atoms with Crippen molar-refractivity contribution in [2.24, 2.45) is 0 Å². The normalized spacial score (nSPS) is 12.4. The molecule has 21 heavy (non-hydrogen) atoms. The molecule has 2 rings (SSSR count). The highest BCUT2D eigenvalue weighted by atomic mass is 127. The minimum absolute atomic E-state index is 0.198. The molecule has 0 radical (unpaired) electrons. The van der Waals surface area contributed by atoms with Gasteiger partial charge in [-0.15, -0.1) is 0 Å². The fraction of sp³-hybridized carbons (Fsp3) is 0.294. The van der Waals surface area contributed by atoms with Crippen LogP contribution < -0.4 is 5.32 Å². The summed E-state index contributed by atoms with van der Waals surface area (Å²) in [6.07, 6.45) is 1.85. The highest BCUT2D eigenvalue weighted by Gasteiger charge is 2.12. The number of rotatable bonds is 6. The predicted octanol–water partition coefficient (Wildman–Crippen LogP) is 5.48. The largest absolute Gasteiger partial charge is 0.310 e. The first-order valence-electron chi connectivity index (χ1n) is 7.02. The average molecular weight is 462 g/mol. The van der Waals surface area contributed by atoms with Gasteiger partial charge in [-0.05, 0) is 83.4 Å². The molecule has 0 aliphatic heterocycles. The molecule has 0 aliphatic rings. The number of nitrogens with one attached hydrogen (secondary N) is 1. The van der Waals surface area contributed by atoms with Crippen LogP contribution in [0.2, 0.25) is 0 Å². The number of halogens is 3. The molecular formula is C17H18BrFIN. The van der Waals surface area contributed by atoms with Crippen LogP contribution in [0.1, 0.15) is 30.5 Å². The SMILES string of the molecule is CCCNC(Cc1cc(F)cc(Br)c1)c1ccc(I)cc1. The van der Waals surface area contributed by atoms with Crippen LogP contribution in [0, 0.1) is 9.39 Å². The number of benzene rings is 2. The van der Waals surface area contributed by atoms with E-state index in [0.717, 1.165) is 29.4 Å². The Balaban J connectivity index is 2.21. The van der Waals surface area contributed by atoms with Gasteiger partial charge in [0.1, 0.15) is 5.82 Å². The quantitative estimate of drug-likeness (QED) is 0.562. The van der Waals surface area contributed by atoms with Gasteiger partial charge in [0, 0.05) is 14.1 Å². The second-order valence-corrected chi connectivity index (χ2v) is 7.20. The van der Waals surface area contributed by atoms with E-state index in [1.54, 1.807) is 6.07 Å². The molecule has 0 aromatic heterocycles. The van der Waals surface area contributed by atoms with E-state index in [1.165, 1.54) is 15.2 Å². The van der Waals surface area contributed by atoms with Crippen LogP contribution in [-0.4, -0.2) is 6.54 Å². The lowest BCUT2D eigenvalue weighted by atomic mass is 9.98. The minimum Gasteiger partial charge on any atom is -0.310 e. The maximum atomic E-state index is 13.5. The summed E-state index contributed by atoms with van der Waals surface area (Å²) in [6, 6.07) is 13.8. The Morgan fingerprint density at radius 1 is 1.19 bits per heavy atom. The summed E-state index contributed by atoms with van der Waals surface area (Å²) >= 11 is 5.66. The van der Waals surface area contributed by atoms with Gasteiger partial charge in [-0.1, -0.05) is 35.0 Å². The minimum atomic E-state index is -0.198. The van der Waals surface area contributed by atoms with E-state index in [-0.39, 0.29) is 11.9 Å². The Hall–Kier alpha value is -0.460. The van der Waals surface area contributed by atoms with E-state index in [1.807, 2.05) is 6.07 Å². The summed E-state index contributed by atoms with van der Waals surface area (Å²) in [4.78, 5) is 0. The van der Waals surface area contributed by atoms with Crippen LogP contribution in [0.25, 0.3) is 0 Å². The third-order valence-corrected chi connectivity index (χ3v) is 4.45. The summed E-state index contributed by atoms with van der Waals surface area (Å²) in [5.74, 6) is -0.198. The van der Waals surface area contributed by atoms with Crippen LogP contribution in [0.4, 0.5) is 4.39 Å². The Bertz CT molecular complexity index is 566. The van der Waals surface area contributed by atoms with Crippen molar-refractivity contribution in [2.45, 2.75) is 25.8 Å². The first-order chi connectivity index (χ1) is 10.1. The van der Waals surface area contributed by atoms with Crippen molar-refractivity contribution in [2.75, 3.05) is 6.54 Å². The van der Waals surface area contributed by atoms with Gasteiger partial charge >= 0.3 is 0 Å². The molecule has 0 amide bonds. The molecule has 4 heteroatoms. The Morgan fingerprint density at radius 2 is 1.90 bits per heavy atom. The predicted molar refractivity (Wildman–Crippen MR) is 98.0 cm³/mol. The molecule has 0 bridgehead atoms. The Morgan fingerprint density at radius 3 is 2.52 bits per heavy atom. The molecule has 1 atom stereocenters. The molecule has 1 unspecified atom stereocenters. The van der Waals surface area contributed by atoms with E-state index < -0.39 is 0 Å². The van der Waals surface area contributed by atoms with Crippen LogP contribution in [0.5, 0.6) is 0 Å². The molecule has 0 saturated carbocycles. The lowest BCUT2D eigenvalue weighted by Gasteiger charge is -2.19. The van der Waals surface area contributed by atoms with Crippen molar-refractivity contribution in [3.05, 3.63) is 67.5 Å². The zero-order chi connectivity index (χ0) is 15.2. The molecule has 0 saturated heterocycles. The second kappa shape index (κ2) is 8.25. The van der Waals surface area contributed by atoms with E-state index >= 15 is 0 Å². The van der Waals surface area contributed by atoms with Gasteiger partial charge in [0.05, 0.1) is 0 Å². The molecule has 1 N–H and O–H groups in total. The van der Waals surface area contributed by atoms with Gasteiger partial charge in [0.25, 0.3) is 0 Å². The van der Waals surface area contributed by atoms with E-state index in [0.29, 0.717) is 0 Å². The highest BCUT2D eigenvalue weighted by molar-refractivity contribution is 14.1. The molecule has 0 fully saturated rings. The smallest absolute Gasteiger partial charge is 0.124 e. The van der Waals surface area contributed by atoms with Crippen molar-refractivity contribution >= 4 is 38.5 Å². The van der Waals surface area contributed by atoms with Crippen LogP contribution in [0.3, 0.4) is 0 Å². The van der Waals surface area contributed by atoms with Gasteiger partial charge in [-0.25, -0.2) is 4.39 Å². The van der Waals surface area contributed by atoms with Crippen molar-refractivity contribution < 1.29 is 4.39 Å². The van der Waals surface area contributed by atoms with Crippen molar-refractivity contribution in [1.29, 1.82) is 0 Å². The molecule has 1 nitrogen and oxygen atoms in total. The molecule has 112 valence electrons. The van der Waals surface area contributed by atoms with Gasteiger partial charge in [-0.2, -0.15) is 0 Å². The maximum Gasteiger partial charge on any atom is 0.124 e. The lowest BCUT2D eigenvalue weighted by molar-refractivity contribution is 0.527. The standard InChI is InChI=1S/C17H18BrFIN/c1-2-7-21-17(13-3-5-16(20)6-4-13)10-12-8-14(18)11-15(19)9-12/h3-6,8-9,11,17,21H,2,7,10H2,1H3. The van der Waals surface area contributed by atoms with Gasteiger partial charge in [-0.3, -0.25) is 0 Å². The Labute approximate surface area is 147 Å². The van der Waals surface area contributed by atoms with Crippen molar-refractivity contribution in [3.63, 3.8) is 0 Å². The summed E-state index contributed by atoms with van der Waals surface area (Å²) in [6.45, 7) is 3.10. The maximum absolute atomic E-state index is 13.5. The van der Waals surface area contributed by atoms with Crippen LogP contribution >= 0.6 is 38.5 Å². The van der Waals surface area contributed by atoms with Crippen molar-refractivity contribution in [1.82, 2.24) is 5.32 Å². The first kappa shape index (κ1) is 16.9. The number of hydrogen-bond donors (Lipinski definition) is 1. The second-order valence-electron chi connectivity index (χ2n) is 5.04. The molecule has 0 spiro atoms. The summed E-state index contributed by atoms with van der Waals surface area (Å²) in [5.41, 5.74) is 2.23. The highest BCUT2D eigenvalue weighted by Crippen LogP contribution is 2.23. The summed E-state index contributed by atoms with van der Waals surface area (Å²) in [7, 11) is 0. The van der Waals surface area contributed by atoms with Crippen molar-refractivity contribution in [3.8, 4) is 0 Å². The lowest BCUT2D eigenvalue weighted by Crippen LogP contribution is -2.24. The third-order valence-electron chi connectivity index (χ3n) is 3.28. The van der Waals surface area contributed by atoms with Crippen LogP contribution in [0.15, 0.2) is 46.9 Å². The van der Waals surface area contributed by atoms with E-state index in [4.69, 9.17) is 0 Å². The van der Waals surface area contributed by atoms with Gasteiger partial charge in [0.15, 0.2) is 0 Å². The summed E-state index contributed by atoms with van der Waals surface area (Å²) < 4.78 is 15.5. The number of hydrogen-bond acceptors (Lipinski definition) is 1. The fourth-order valence-corrected chi connectivity index (χ4v) is 3.16. The molecule has 0 aliphatic carbocycles. The van der Waals surface area contributed by atoms with E-state index in [9.17, 15) is 4.39 Å². The fourth-order valence-electron chi connectivity index (χ4n) is 2.29. The average Bonchev–Trinajstić information content (AvgIpc) is 2.43. The Kier molecular flexibility index (Phi) is 6.64. The molecule has 2 aromatic rings. The van der Waals surface area contributed by atoms with Gasteiger partial charge in [0.2, 0.25) is 0 Å². The zero-order valence-electron chi connectivity index (χ0n) is 11.9. The third kappa shape index (κ3) is 5.34. The van der Waals surface area contributed by atoms with Crippen LogP contribution in [-0.2, 0) is 6.42 Å². The molecule has 2 aromatic carbocycles. The zero-order valence-corrected chi connectivity index (χ0v) is 15.6. The summed E-state index contributed by atoms with van der Waals surface area (Å²) in [5, 5.41) is 3.55. The topological polar surface area (TPSA) is 12.0 Å².